The van der Waals surface area contributed by atoms with E-state index in [-0.39, 0.29) is 5.91 Å². The van der Waals surface area contributed by atoms with Crippen LogP contribution in [0.3, 0.4) is 0 Å². The topological polar surface area (TPSA) is 29.1 Å². The van der Waals surface area contributed by atoms with E-state index in [1.54, 1.807) is 24.3 Å². The van der Waals surface area contributed by atoms with Crippen LogP contribution in [-0.2, 0) is 6.42 Å². The molecule has 0 aromatic heterocycles. The molecule has 0 heterocycles. The van der Waals surface area contributed by atoms with E-state index in [1.165, 1.54) is 11.1 Å². The number of amides is 1. The van der Waals surface area contributed by atoms with E-state index in [0.717, 1.165) is 23.2 Å². The predicted octanol–water partition coefficient (Wildman–Crippen LogP) is 5.16. The minimum Gasteiger partial charge on any atom is -0.322 e. The van der Waals surface area contributed by atoms with Gasteiger partial charge in [0.15, 0.2) is 0 Å². The van der Waals surface area contributed by atoms with Gasteiger partial charge in [0.1, 0.15) is 0 Å². The number of hydrogen-bond acceptors (Lipinski definition) is 1. The van der Waals surface area contributed by atoms with Gasteiger partial charge < -0.3 is 5.32 Å². The molecular formula is C20H14ClNO. The molecule has 0 unspecified atom stereocenters. The Labute approximate surface area is 139 Å². The third-order valence-corrected chi connectivity index (χ3v) is 4.42. The van der Waals surface area contributed by atoms with E-state index in [9.17, 15) is 4.79 Å². The highest BCUT2D eigenvalue weighted by atomic mass is 35.5. The van der Waals surface area contributed by atoms with E-state index in [0.29, 0.717) is 10.6 Å². The summed E-state index contributed by atoms with van der Waals surface area (Å²) in [7, 11) is 0. The summed E-state index contributed by atoms with van der Waals surface area (Å²) in [6, 6.07) is 21.3. The lowest BCUT2D eigenvalue weighted by Gasteiger charge is -2.10. The van der Waals surface area contributed by atoms with Crippen LogP contribution in [0, 0.1) is 0 Å². The van der Waals surface area contributed by atoms with Crippen LogP contribution in [0.1, 0.15) is 21.5 Å². The van der Waals surface area contributed by atoms with Gasteiger partial charge in [-0.05, 0) is 59.0 Å². The highest BCUT2D eigenvalue weighted by molar-refractivity contribution is 6.30. The molecule has 3 aromatic carbocycles. The molecule has 0 saturated heterocycles. The van der Waals surface area contributed by atoms with Crippen molar-refractivity contribution >= 4 is 23.2 Å². The molecule has 112 valence electrons. The van der Waals surface area contributed by atoms with E-state index in [4.69, 9.17) is 11.6 Å². The summed E-state index contributed by atoms with van der Waals surface area (Å²) in [6.07, 6.45) is 0.883. The van der Waals surface area contributed by atoms with E-state index < -0.39 is 0 Å². The molecule has 0 bridgehead atoms. The first-order chi connectivity index (χ1) is 11.2. The van der Waals surface area contributed by atoms with Crippen LogP contribution >= 0.6 is 11.6 Å². The van der Waals surface area contributed by atoms with E-state index in [1.807, 2.05) is 24.3 Å². The van der Waals surface area contributed by atoms with Gasteiger partial charge in [0.25, 0.3) is 5.91 Å². The molecule has 0 saturated carbocycles. The molecule has 0 atom stereocenters. The second-order valence-electron chi connectivity index (χ2n) is 5.63. The zero-order chi connectivity index (χ0) is 15.8. The number of carbonyl (C=O) groups is 1. The van der Waals surface area contributed by atoms with Crippen LogP contribution < -0.4 is 5.32 Å². The Kier molecular flexibility index (Phi) is 3.40. The lowest BCUT2D eigenvalue weighted by Crippen LogP contribution is -2.13. The molecule has 1 amide bonds. The van der Waals surface area contributed by atoms with Gasteiger partial charge >= 0.3 is 0 Å². The normalized spacial score (nSPS) is 11.7. The Balaban J connectivity index is 1.73. The number of nitrogens with one attached hydrogen (secondary N) is 1. The average molecular weight is 320 g/mol. The summed E-state index contributed by atoms with van der Waals surface area (Å²) < 4.78 is 0. The van der Waals surface area contributed by atoms with Gasteiger partial charge in [0.05, 0.1) is 0 Å². The molecule has 2 nitrogen and oxygen atoms in total. The second-order valence-corrected chi connectivity index (χ2v) is 6.07. The summed E-state index contributed by atoms with van der Waals surface area (Å²) in [5, 5.41) is 3.60. The van der Waals surface area contributed by atoms with E-state index >= 15 is 0 Å². The largest absolute Gasteiger partial charge is 0.322 e. The number of halogens is 1. The van der Waals surface area contributed by atoms with Crippen molar-refractivity contribution < 1.29 is 4.79 Å². The van der Waals surface area contributed by atoms with E-state index in [2.05, 4.69) is 23.5 Å². The van der Waals surface area contributed by atoms with Crippen LogP contribution in [0.2, 0.25) is 5.02 Å². The summed E-state index contributed by atoms with van der Waals surface area (Å²) >= 11 is 5.89. The smallest absolute Gasteiger partial charge is 0.256 e. The minimum atomic E-state index is -0.0964. The molecule has 1 aliphatic rings. The summed E-state index contributed by atoms with van der Waals surface area (Å²) in [6.45, 7) is 0. The summed E-state index contributed by atoms with van der Waals surface area (Å²) in [4.78, 5) is 12.7. The lowest BCUT2D eigenvalue weighted by molar-refractivity contribution is 0.102. The van der Waals surface area contributed by atoms with Crippen LogP contribution in [0.5, 0.6) is 0 Å². The van der Waals surface area contributed by atoms with Crippen molar-refractivity contribution in [3.05, 3.63) is 88.4 Å². The summed E-state index contributed by atoms with van der Waals surface area (Å²) in [5.41, 5.74) is 6.13. The van der Waals surface area contributed by atoms with Crippen LogP contribution in [-0.4, -0.2) is 5.91 Å². The predicted molar refractivity (Wildman–Crippen MR) is 94.1 cm³/mol. The molecule has 0 fully saturated rings. The summed E-state index contributed by atoms with van der Waals surface area (Å²) in [5.74, 6) is -0.0964. The fourth-order valence-electron chi connectivity index (χ4n) is 3.11. The number of carbonyl (C=O) groups excluding carboxylic acids is 1. The zero-order valence-corrected chi connectivity index (χ0v) is 13.1. The maximum absolute atomic E-state index is 12.7. The minimum absolute atomic E-state index is 0.0964. The number of benzene rings is 3. The van der Waals surface area contributed by atoms with Gasteiger partial charge in [0, 0.05) is 16.3 Å². The fraction of sp³-hybridized carbons (Fsp3) is 0.0500. The van der Waals surface area contributed by atoms with Crippen molar-refractivity contribution in [1.82, 2.24) is 0 Å². The monoisotopic (exact) mass is 319 g/mol. The Morgan fingerprint density at radius 2 is 1.61 bits per heavy atom. The van der Waals surface area contributed by atoms with Crippen molar-refractivity contribution in [2.45, 2.75) is 6.42 Å². The molecule has 3 aromatic rings. The van der Waals surface area contributed by atoms with Crippen molar-refractivity contribution in [3.8, 4) is 11.1 Å². The molecule has 3 heteroatoms. The standard InChI is InChI=1S/C20H14ClNO/c21-15-8-10-16(11-9-15)22-20(23)18-7-3-5-14-12-13-4-1-2-6-17(13)19(14)18/h1-11H,12H2,(H,22,23). The van der Waals surface area contributed by atoms with Gasteiger partial charge in [-0.2, -0.15) is 0 Å². The van der Waals surface area contributed by atoms with Crippen molar-refractivity contribution in [2.75, 3.05) is 5.32 Å². The lowest BCUT2D eigenvalue weighted by atomic mass is 9.99. The molecule has 23 heavy (non-hydrogen) atoms. The number of rotatable bonds is 2. The fourth-order valence-corrected chi connectivity index (χ4v) is 3.24. The second kappa shape index (κ2) is 5.56. The van der Waals surface area contributed by atoms with Crippen molar-refractivity contribution in [2.24, 2.45) is 0 Å². The van der Waals surface area contributed by atoms with Crippen LogP contribution in [0.25, 0.3) is 11.1 Å². The SMILES string of the molecule is O=C(Nc1ccc(Cl)cc1)c1cccc2c1-c1ccccc1C2. The highest BCUT2D eigenvalue weighted by Crippen LogP contribution is 2.38. The Morgan fingerprint density at radius 3 is 2.43 bits per heavy atom. The quantitative estimate of drug-likeness (QED) is 0.543. The van der Waals surface area contributed by atoms with Crippen LogP contribution in [0.15, 0.2) is 66.7 Å². The molecule has 0 aliphatic heterocycles. The first-order valence-corrected chi connectivity index (χ1v) is 7.87. The third kappa shape index (κ3) is 2.51. The number of fused-ring (bicyclic) bond motifs is 3. The van der Waals surface area contributed by atoms with Gasteiger partial charge in [-0.25, -0.2) is 0 Å². The van der Waals surface area contributed by atoms with Gasteiger partial charge in [-0.1, -0.05) is 48.0 Å². The van der Waals surface area contributed by atoms with Crippen LogP contribution in [0.4, 0.5) is 5.69 Å². The van der Waals surface area contributed by atoms with Gasteiger partial charge in [0.2, 0.25) is 0 Å². The Morgan fingerprint density at radius 1 is 0.870 bits per heavy atom. The molecule has 1 N–H and O–H groups in total. The average Bonchev–Trinajstić information content (AvgIpc) is 2.95. The number of hydrogen-bond donors (Lipinski definition) is 1. The Bertz CT molecular complexity index is 900. The molecular weight excluding hydrogens is 306 g/mol. The maximum atomic E-state index is 12.7. The highest BCUT2D eigenvalue weighted by Gasteiger charge is 2.23. The zero-order valence-electron chi connectivity index (χ0n) is 12.3. The molecule has 0 spiro atoms. The van der Waals surface area contributed by atoms with Gasteiger partial charge in [-0.15, -0.1) is 0 Å². The first kappa shape index (κ1) is 14.0. The molecule has 1 aliphatic carbocycles. The van der Waals surface area contributed by atoms with Crippen molar-refractivity contribution in [3.63, 3.8) is 0 Å². The Hall–Kier alpha value is -2.58. The van der Waals surface area contributed by atoms with Crippen molar-refractivity contribution in [1.29, 1.82) is 0 Å². The molecule has 4 rings (SSSR count). The maximum Gasteiger partial charge on any atom is 0.256 e. The van der Waals surface area contributed by atoms with Gasteiger partial charge in [-0.3, -0.25) is 4.79 Å². The first-order valence-electron chi connectivity index (χ1n) is 7.49. The third-order valence-electron chi connectivity index (χ3n) is 4.17. The number of anilines is 1. The molecule has 0 radical (unpaired) electrons.